The molecule has 23 heavy (non-hydrogen) atoms. The summed E-state index contributed by atoms with van der Waals surface area (Å²) in [5, 5.41) is 4.78. The molecule has 2 aromatic heterocycles. The van der Waals surface area contributed by atoms with Gasteiger partial charge in [0.1, 0.15) is 0 Å². The Morgan fingerprint density at radius 1 is 1.22 bits per heavy atom. The largest absolute Gasteiger partial charge is 0.478 e. The van der Waals surface area contributed by atoms with Gasteiger partial charge in [-0.05, 0) is 49.4 Å². The van der Waals surface area contributed by atoms with Crippen LogP contribution in [0.1, 0.15) is 19.3 Å². The number of ether oxygens (including phenoxy) is 1. The predicted octanol–water partition coefficient (Wildman–Crippen LogP) is 4.48. The van der Waals surface area contributed by atoms with E-state index in [4.69, 9.17) is 4.74 Å². The predicted molar refractivity (Wildman–Crippen MR) is 96.2 cm³/mol. The number of nitrogens with one attached hydrogen (secondary N) is 1. The number of hydrogen-bond acceptors (Lipinski definition) is 4. The molecule has 0 saturated carbocycles. The van der Waals surface area contributed by atoms with Gasteiger partial charge >= 0.3 is 0 Å². The molecule has 0 spiro atoms. The molecule has 1 unspecified atom stereocenters. The molecule has 1 aromatic carbocycles. The standard InChI is InChI=1S/C19H20N2OS/c1-2-6-17-14(4-1)12-18(23-17)15-7-8-19(21-13-15)22-11-9-16-5-3-10-20-16/h1-2,4,6-8,12-13,16,20H,3,5,9-11H2. The van der Waals surface area contributed by atoms with Gasteiger partial charge in [-0.15, -0.1) is 11.3 Å². The first kappa shape index (κ1) is 14.7. The molecule has 118 valence electrons. The van der Waals surface area contributed by atoms with E-state index >= 15 is 0 Å². The van der Waals surface area contributed by atoms with Crippen LogP contribution in [0.3, 0.4) is 0 Å². The van der Waals surface area contributed by atoms with E-state index in [0.717, 1.165) is 25.1 Å². The number of aromatic nitrogens is 1. The molecule has 4 heteroatoms. The highest BCUT2D eigenvalue weighted by atomic mass is 32.1. The van der Waals surface area contributed by atoms with Crippen molar-refractivity contribution >= 4 is 21.4 Å². The summed E-state index contributed by atoms with van der Waals surface area (Å²) >= 11 is 1.80. The Kier molecular flexibility index (Phi) is 4.26. The van der Waals surface area contributed by atoms with E-state index in [9.17, 15) is 0 Å². The normalized spacial score (nSPS) is 17.7. The summed E-state index contributed by atoms with van der Waals surface area (Å²) in [4.78, 5) is 5.70. The van der Waals surface area contributed by atoms with Crippen LogP contribution in [-0.4, -0.2) is 24.2 Å². The average Bonchev–Trinajstić information content (AvgIpc) is 3.24. The number of pyridine rings is 1. The van der Waals surface area contributed by atoms with E-state index in [1.807, 2.05) is 12.3 Å². The Hall–Kier alpha value is -1.91. The molecule has 1 atom stereocenters. The van der Waals surface area contributed by atoms with E-state index < -0.39 is 0 Å². The van der Waals surface area contributed by atoms with E-state index in [2.05, 4.69) is 46.7 Å². The Bertz CT molecular complexity index is 742. The maximum absolute atomic E-state index is 5.77. The van der Waals surface area contributed by atoms with Crippen LogP contribution in [-0.2, 0) is 0 Å². The van der Waals surface area contributed by atoms with Crippen molar-refractivity contribution < 1.29 is 4.74 Å². The number of nitrogens with zero attached hydrogens (tertiary/aromatic N) is 1. The lowest BCUT2D eigenvalue weighted by Gasteiger charge is -2.10. The number of benzene rings is 1. The number of rotatable bonds is 5. The number of thiophene rings is 1. The SMILES string of the molecule is c1ccc2sc(-c3ccc(OCCC4CCCN4)nc3)cc2c1. The first-order chi connectivity index (χ1) is 11.4. The van der Waals surface area contributed by atoms with Gasteiger partial charge in [-0.3, -0.25) is 0 Å². The van der Waals surface area contributed by atoms with E-state index in [0.29, 0.717) is 11.9 Å². The Morgan fingerprint density at radius 3 is 2.96 bits per heavy atom. The quantitative estimate of drug-likeness (QED) is 0.751. The minimum atomic E-state index is 0.618. The second-order valence-corrected chi connectivity index (χ2v) is 7.05. The van der Waals surface area contributed by atoms with E-state index in [1.165, 1.54) is 27.8 Å². The monoisotopic (exact) mass is 324 g/mol. The second-order valence-electron chi connectivity index (χ2n) is 5.96. The topological polar surface area (TPSA) is 34.1 Å². The molecule has 4 rings (SSSR count). The van der Waals surface area contributed by atoms with Gasteiger partial charge < -0.3 is 10.1 Å². The van der Waals surface area contributed by atoms with Crippen molar-refractivity contribution in [2.24, 2.45) is 0 Å². The molecular weight excluding hydrogens is 304 g/mol. The minimum absolute atomic E-state index is 0.618. The van der Waals surface area contributed by atoms with Crippen molar-refractivity contribution in [3.63, 3.8) is 0 Å². The lowest BCUT2D eigenvalue weighted by Crippen LogP contribution is -2.23. The molecule has 1 aliphatic heterocycles. The average molecular weight is 324 g/mol. The van der Waals surface area contributed by atoms with Crippen molar-refractivity contribution in [2.75, 3.05) is 13.2 Å². The van der Waals surface area contributed by atoms with Gasteiger partial charge in [0.15, 0.2) is 0 Å². The molecule has 0 aliphatic carbocycles. The minimum Gasteiger partial charge on any atom is -0.478 e. The summed E-state index contributed by atoms with van der Waals surface area (Å²) in [6.07, 6.45) is 5.52. The van der Waals surface area contributed by atoms with Crippen LogP contribution in [0.25, 0.3) is 20.5 Å². The Labute approximate surface area is 140 Å². The highest BCUT2D eigenvalue weighted by Crippen LogP contribution is 2.33. The molecule has 0 radical (unpaired) electrons. The number of fused-ring (bicyclic) bond motifs is 1. The zero-order chi connectivity index (χ0) is 15.5. The van der Waals surface area contributed by atoms with Crippen LogP contribution in [0.15, 0.2) is 48.7 Å². The molecule has 1 saturated heterocycles. The summed E-state index contributed by atoms with van der Waals surface area (Å²) in [7, 11) is 0. The van der Waals surface area contributed by atoms with Crippen LogP contribution in [0.5, 0.6) is 5.88 Å². The van der Waals surface area contributed by atoms with E-state index in [-0.39, 0.29) is 0 Å². The van der Waals surface area contributed by atoms with Crippen molar-refractivity contribution in [3.8, 4) is 16.3 Å². The highest BCUT2D eigenvalue weighted by molar-refractivity contribution is 7.22. The zero-order valence-electron chi connectivity index (χ0n) is 13.0. The number of hydrogen-bond donors (Lipinski definition) is 1. The van der Waals surface area contributed by atoms with Crippen LogP contribution >= 0.6 is 11.3 Å². The summed E-state index contributed by atoms with van der Waals surface area (Å²) in [6.45, 7) is 1.87. The van der Waals surface area contributed by atoms with Gasteiger partial charge in [0, 0.05) is 33.4 Å². The van der Waals surface area contributed by atoms with Crippen LogP contribution < -0.4 is 10.1 Å². The maximum Gasteiger partial charge on any atom is 0.213 e. The fourth-order valence-electron chi connectivity index (χ4n) is 3.04. The summed E-state index contributed by atoms with van der Waals surface area (Å²) in [5.41, 5.74) is 1.15. The first-order valence-corrected chi connectivity index (χ1v) is 9.01. The van der Waals surface area contributed by atoms with Crippen LogP contribution in [0.4, 0.5) is 0 Å². The van der Waals surface area contributed by atoms with Crippen molar-refractivity contribution in [1.29, 1.82) is 0 Å². The van der Waals surface area contributed by atoms with Crippen molar-refractivity contribution in [3.05, 3.63) is 48.7 Å². The van der Waals surface area contributed by atoms with Crippen molar-refractivity contribution in [2.45, 2.75) is 25.3 Å². The smallest absolute Gasteiger partial charge is 0.213 e. The van der Waals surface area contributed by atoms with Gasteiger partial charge in [-0.25, -0.2) is 4.98 Å². The third-order valence-corrected chi connectivity index (χ3v) is 5.49. The third-order valence-electron chi connectivity index (χ3n) is 4.33. The molecule has 3 nitrogen and oxygen atoms in total. The lowest BCUT2D eigenvalue weighted by molar-refractivity contribution is 0.282. The second kappa shape index (κ2) is 6.69. The summed E-state index contributed by atoms with van der Waals surface area (Å²) < 4.78 is 7.08. The molecule has 3 aromatic rings. The maximum atomic E-state index is 5.77. The molecule has 1 fully saturated rings. The summed E-state index contributed by atoms with van der Waals surface area (Å²) in [6, 6.07) is 15.4. The van der Waals surface area contributed by atoms with Gasteiger partial charge in [0.05, 0.1) is 6.61 Å². The fourth-order valence-corrected chi connectivity index (χ4v) is 4.10. The first-order valence-electron chi connectivity index (χ1n) is 8.20. The van der Waals surface area contributed by atoms with Gasteiger partial charge in [-0.1, -0.05) is 18.2 Å². The summed E-state index contributed by atoms with van der Waals surface area (Å²) in [5.74, 6) is 0.716. The van der Waals surface area contributed by atoms with Crippen LogP contribution in [0, 0.1) is 0 Å². The molecule has 1 N–H and O–H groups in total. The Balaban J connectivity index is 1.40. The molecular formula is C19H20N2OS. The molecule has 3 heterocycles. The highest BCUT2D eigenvalue weighted by Gasteiger charge is 2.13. The van der Waals surface area contributed by atoms with Gasteiger partial charge in [0.25, 0.3) is 0 Å². The zero-order valence-corrected chi connectivity index (χ0v) is 13.8. The Morgan fingerprint density at radius 2 is 2.17 bits per heavy atom. The molecule has 1 aliphatic rings. The molecule has 0 bridgehead atoms. The third kappa shape index (κ3) is 3.38. The van der Waals surface area contributed by atoms with E-state index in [1.54, 1.807) is 11.3 Å². The van der Waals surface area contributed by atoms with Crippen molar-refractivity contribution in [1.82, 2.24) is 10.3 Å². The van der Waals surface area contributed by atoms with Gasteiger partial charge in [0.2, 0.25) is 5.88 Å². The van der Waals surface area contributed by atoms with Crippen LogP contribution in [0.2, 0.25) is 0 Å². The molecule has 0 amide bonds. The van der Waals surface area contributed by atoms with Gasteiger partial charge in [-0.2, -0.15) is 0 Å². The lowest BCUT2D eigenvalue weighted by atomic mass is 10.2. The fraction of sp³-hybridized carbons (Fsp3) is 0.316.